The zero-order valence-corrected chi connectivity index (χ0v) is 13.2. The monoisotopic (exact) mass is 302 g/mol. The summed E-state index contributed by atoms with van der Waals surface area (Å²) in [5.74, 6) is 0.445. The minimum Gasteiger partial charge on any atom is -0.483 e. The number of thiophene rings is 1. The van der Waals surface area contributed by atoms with Crippen LogP contribution in [0, 0.1) is 13.8 Å². The van der Waals surface area contributed by atoms with E-state index in [2.05, 4.69) is 10.5 Å². The van der Waals surface area contributed by atoms with Gasteiger partial charge in [-0.3, -0.25) is 4.79 Å². The Hall–Kier alpha value is -2.14. The lowest BCUT2D eigenvalue weighted by Gasteiger charge is -2.08. The summed E-state index contributed by atoms with van der Waals surface area (Å²) in [6.45, 7) is 5.78. The summed E-state index contributed by atoms with van der Waals surface area (Å²) >= 11 is 1.58. The number of hydrogen-bond donors (Lipinski definition) is 1. The van der Waals surface area contributed by atoms with Crippen molar-refractivity contribution in [2.75, 3.05) is 6.61 Å². The average Bonchev–Trinajstić information content (AvgIpc) is 2.98. The van der Waals surface area contributed by atoms with Crippen LogP contribution in [0.1, 0.15) is 22.9 Å². The largest absolute Gasteiger partial charge is 0.483 e. The zero-order valence-electron chi connectivity index (χ0n) is 12.3. The van der Waals surface area contributed by atoms with Crippen LogP contribution in [0.3, 0.4) is 0 Å². The lowest BCUT2D eigenvalue weighted by Crippen LogP contribution is -2.25. The molecule has 0 spiro atoms. The van der Waals surface area contributed by atoms with Crippen LogP contribution in [0.15, 0.2) is 40.8 Å². The van der Waals surface area contributed by atoms with E-state index in [1.807, 2.05) is 56.5 Å². The maximum Gasteiger partial charge on any atom is 0.277 e. The molecule has 0 fully saturated rings. The Kier molecular flexibility index (Phi) is 5.11. The summed E-state index contributed by atoms with van der Waals surface area (Å²) in [6.07, 6.45) is 0. The second kappa shape index (κ2) is 7.04. The highest BCUT2D eigenvalue weighted by Gasteiger charge is 2.05. The fourth-order valence-electron chi connectivity index (χ4n) is 1.82. The smallest absolute Gasteiger partial charge is 0.277 e. The van der Waals surface area contributed by atoms with Gasteiger partial charge >= 0.3 is 0 Å². The van der Waals surface area contributed by atoms with Crippen molar-refractivity contribution >= 4 is 23.0 Å². The SMILES string of the molecule is C/C(=N/NC(=O)COc1ccc(C)cc1C)c1cccs1. The first-order valence-corrected chi connectivity index (χ1v) is 7.51. The van der Waals surface area contributed by atoms with Gasteiger partial charge in [-0.15, -0.1) is 11.3 Å². The van der Waals surface area contributed by atoms with Gasteiger partial charge in [0.05, 0.1) is 5.71 Å². The molecule has 1 aromatic heterocycles. The fourth-order valence-corrected chi connectivity index (χ4v) is 2.50. The number of rotatable bonds is 5. The number of amides is 1. The van der Waals surface area contributed by atoms with Gasteiger partial charge in [0.2, 0.25) is 0 Å². The Morgan fingerprint density at radius 3 is 2.81 bits per heavy atom. The molecule has 0 radical (unpaired) electrons. The number of aryl methyl sites for hydroxylation is 2. The number of nitrogens with zero attached hydrogens (tertiary/aromatic N) is 1. The van der Waals surface area contributed by atoms with Crippen LogP contribution < -0.4 is 10.2 Å². The molecule has 0 aliphatic heterocycles. The molecular formula is C16H18N2O2S. The zero-order chi connectivity index (χ0) is 15.2. The molecule has 21 heavy (non-hydrogen) atoms. The quantitative estimate of drug-likeness (QED) is 0.680. The van der Waals surface area contributed by atoms with Gasteiger partial charge in [0, 0.05) is 4.88 Å². The molecule has 0 unspecified atom stereocenters. The van der Waals surface area contributed by atoms with E-state index in [0.717, 1.165) is 21.9 Å². The van der Waals surface area contributed by atoms with E-state index in [-0.39, 0.29) is 12.5 Å². The average molecular weight is 302 g/mol. The van der Waals surface area contributed by atoms with Crippen LogP contribution in [-0.4, -0.2) is 18.2 Å². The number of carbonyl (C=O) groups is 1. The van der Waals surface area contributed by atoms with Crippen molar-refractivity contribution in [1.82, 2.24) is 5.43 Å². The molecule has 110 valence electrons. The number of carbonyl (C=O) groups excluding carboxylic acids is 1. The number of benzene rings is 1. The Bertz CT molecular complexity index is 648. The molecule has 1 aromatic carbocycles. The third kappa shape index (κ3) is 4.43. The van der Waals surface area contributed by atoms with Crippen molar-refractivity contribution in [2.24, 2.45) is 5.10 Å². The van der Waals surface area contributed by atoms with Crippen molar-refractivity contribution in [3.05, 3.63) is 51.7 Å². The van der Waals surface area contributed by atoms with E-state index in [1.165, 1.54) is 5.56 Å². The molecule has 5 heteroatoms. The van der Waals surface area contributed by atoms with E-state index < -0.39 is 0 Å². The standard InChI is InChI=1S/C16H18N2O2S/c1-11-6-7-14(12(2)9-11)20-10-16(19)18-17-13(3)15-5-4-8-21-15/h4-9H,10H2,1-3H3,(H,18,19)/b17-13-. The molecule has 0 saturated carbocycles. The fraction of sp³-hybridized carbons (Fsp3) is 0.250. The van der Waals surface area contributed by atoms with E-state index in [1.54, 1.807) is 11.3 Å². The molecule has 0 bridgehead atoms. The maximum atomic E-state index is 11.7. The third-order valence-corrected chi connectivity index (χ3v) is 3.89. The summed E-state index contributed by atoms with van der Waals surface area (Å²) in [7, 11) is 0. The number of nitrogens with one attached hydrogen (secondary N) is 1. The lowest BCUT2D eigenvalue weighted by atomic mass is 10.1. The molecule has 2 aromatic rings. The van der Waals surface area contributed by atoms with Crippen LogP contribution >= 0.6 is 11.3 Å². The van der Waals surface area contributed by atoms with Gasteiger partial charge in [-0.25, -0.2) is 5.43 Å². The normalized spacial score (nSPS) is 11.3. The van der Waals surface area contributed by atoms with Gasteiger partial charge in [0.1, 0.15) is 5.75 Å². The van der Waals surface area contributed by atoms with Crippen LogP contribution in [0.2, 0.25) is 0 Å². The Morgan fingerprint density at radius 2 is 2.14 bits per heavy atom. The van der Waals surface area contributed by atoms with Gasteiger partial charge in [0.25, 0.3) is 5.91 Å². The molecule has 0 aliphatic rings. The number of ether oxygens (including phenoxy) is 1. The molecule has 4 nitrogen and oxygen atoms in total. The van der Waals surface area contributed by atoms with E-state index in [9.17, 15) is 4.79 Å². The Balaban J connectivity index is 1.86. The summed E-state index contributed by atoms with van der Waals surface area (Å²) in [4.78, 5) is 12.8. The predicted molar refractivity (Wildman–Crippen MR) is 86.1 cm³/mol. The van der Waals surface area contributed by atoms with E-state index in [4.69, 9.17) is 4.74 Å². The van der Waals surface area contributed by atoms with Crippen molar-refractivity contribution in [3.63, 3.8) is 0 Å². The van der Waals surface area contributed by atoms with Crippen LogP contribution in [0.5, 0.6) is 5.75 Å². The summed E-state index contributed by atoms with van der Waals surface area (Å²) in [5, 5.41) is 6.03. The molecule has 0 saturated heterocycles. The van der Waals surface area contributed by atoms with E-state index >= 15 is 0 Å². The minimum absolute atomic E-state index is 0.0505. The summed E-state index contributed by atoms with van der Waals surface area (Å²) in [5.41, 5.74) is 5.47. The first-order valence-electron chi connectivity index (χ1n) is 6.63. The van der Waals surface area contributed by atoms with Crippen LogP contribution in [-0.2, 0) is 4.79 Å². The van der Waals surface area contributed by atoms with Gasteiger partial charge in [-0.1, -0.05) is 23.8 Å². The third-order valence-electron chi connectivity index (χ3n) is 2.92. The molecule has 1 N–H and O–H groups in total. The van der Waals surface area contributed by atoms with Crippen LogP contribution in [0.4, 0.5) is 0 Å². The lowest BCUT2D eigenvalue weighted by molar-refractivity contribution is -0.123. The van der Waals surface area contributed by atoms with Crippen molar-refractivity contribution in [2.45, 2.75) is 20.8 Å². The number of hydrazone groups is 1. The van der Waals surface area contributed by atoms with E-state index in [0.29, 0.717) is 0 Å². The highest BCUT2D eigenvalue weighted by Crippen LogP contribution is 2.18. The molecular weight excluding hydrogens is 284 g/mol. The van der Waals surface area contributed by atoms with Crippen molar-refractivity contribution in [3.8, 4) is 5.75 Å². The molecule has 2 rings (SSSR count). The molecule has 0 aliphatic carbocycles. The first kappa shape index (κ1) is 15.3. The van der Waals surface area contributed by atoms with Gasteiger partial charge in [-0.2, -0.15) is 5.10 Å². The van der Waals surface area contributed by atoms with Crippen LogP contribution in [0.25, 0.3) is 0 Å². The summed E-state index contributed by atoms with van der Waals surface area (Å²) in [6, 6.07) is 9.76. The maximum absolute atomic E-state index is 11.7. The summed E-state index contributed by atoms with van der Waals surface area (Å²) < 4.78 is 5.50. The Morgan fingerprint density at radius 1 is 1.33 bits per heavy atom. The van der Waals surface area contributed by atoms with Gasteiger partial charge in [-0.05, 0) is 43.8 Å². The topological polar surface area (TPSA) is 50.7 Å². The minimum atomic E-state index is -0.272. The predicted octanol–water partition coefficient (Wildman–Crippen LogP) is 3.28. The van der Waals surface area contributed by atoms with Gasteiger partial charge in [0.15, 0.2) is 6.61 Å². The Labute approximate surface area is 128 Å². The second-order valence-corrected chi connectivity index (χ2v) is 5.71. The first-order chi connectivity index (χ1) is 10.1. The highest BCUT2D eigenvalue weighted by atomic mass is 32.1. The number of hydrogen-bond acceptors (Lipinski definition) is 4. The van der Waals surface area contributed by atoms with Crippen molar-refractivity contribution in [1.29, 1.82) is 0 Å². The molecule has 1 amide bonds. The second-order valence-electron chi connectivity index (χ2n) is 4.77. The van der Waals surface area contributed by atoms with Gasteiger partial charge < -0.3 is 4.74 Å². The van der Waals surface area contributed by atoms with Crippen molar-refractivity contribution < 1.29 is 9.53 Å². The molecule has 0 atom stereocenters. The highest BCUT2D eigenvalue weighted by molar-refractivity contribution is 7.12. The molecule has 1 heterocycles.